The number of nitrogens with zero attached hydrogens (tertiary/aromatic N) is 1. The summed E-state index contributed by atoms with van der Waals surface area (Å²) in [6.45, 7) is 10.2. The maximum absolute atomic E-state index is 9.74. The summed E-state index contributed by atoms with van der Waals surface area (Å²) in [5.74, 6) is 0.512. The zero-order valence-electron chi connectivity index (χ0n) is 12.0. The number of hydrogen-bond donors (Lipinski definition) is 2. The normalized spacial score (nSPS) is 15.9. The van der Waals surface area contributed by atoms with Gasteiger partial charge in [0.2, 0.25) is 0 Å². The molecular formula is C13H30N2O2. The number of aliphatic hydroxyl groups is 1. The van der Waals surface area contributed by atoms with Crippen LogP contribution in [0.25, 0.3) is 0 Å². The monoisotopic (exact) mass is 246 g/mol. The van der Waals surface area contributed by atoms with Crippen molar-refractivity contribution < 1.29 is 9.84 Å². The van der Waals surface area contributed by atoms with Gasteiger partial charge in [0.15, 0.2) is 0 Å². The van der Waals surface area contributed by atoms with Gasteiger partial charge >= 0.3 is 0 Å². The first kappa shape index (κ1) is 16.8. The fourth-order valence-corrected chi connectivity index (χ4v) is 1.51. The van der Waals surface area contributed by atoms with E-state index < -0.39 is 6.10 Å². The predicted molar refractivity (Wildman–Crippen MR) is 72.0 cm³/mol. The summed E-state index contributed by atoms with van der Waals surface area (Å²) in [6, 6.07) is 0.238. The lowest BCUT2D eigenvalue weighted by molar-refractivity contribution is -0.00583. The van der Waals surface area contributed by atoms with Crippen LogP contribution in [0.3, 0.4) is 0 Å². The molecule has 4 heteroatoms. The minimum absolute atomic E-state index is 0.171. The molecule has 3 N–H and O–H groups in total. The van der Waals surface area contributed by atoms with Crippen molar-refractivity contribution in [3.05, 3.63) is 0 Å². The van der Waals surface area contributed by atoms with E-state index in [1.54, 1.807) is 0 Å². The molecule has 0 amide bonds. The number of rotatable bonds is 9. The second kappa shape index (κ2) is 8.86. The molecule has 0 bridgehead atoms. The fourth-order valence-electron chi connectivity index (χ4n) is 1.51. The summed E-state index contributed by atoms with van der Waals surface area (Å²) in [5, 5.41) is 9.74. The van der Waals surface area contributed by atoms with Crippen LogP contribution in [0.4, 0.5) is 0 Å². The fraction of sp³-hybridized carbons (Fsp3) is 1.00. The number of likely N-dealkylation sites (N-methyl/N-ethyl adjacent to an activating group) is 1. The van der Waals surface area contributed by atoms with Gasteiger partial charge in [-0.05, 0) is 39.8 Å². The first-order valence-electron chi connectivity index (χ1n) is 6.56. The molecule has 4 nitrogen and oxygen atoms in total. The van der Waals surface area contributed by atoms with E-state index in [1.807, 2.05) is 20.9 Å². The highest BCUT2D eigenvalue weighted by molar-refractivity contribution is 4.68. The molecule has 0 heterocycles. The van der Waals surface area contributed by atoms with Crippen molar-refractivity contribution in [3.8, 4) is 0 Å². The van der Waals surface area contributed by atoms with Crippen LogP contribution in [-0.4, -0.2) is 55.0 Å². The molecule has 0 saturated carbocycles. The van der Waals surface area contributed by atoms with Crippen molar-refractivity contribution in [2.45, 2.75) is 52.4 Å². The van der Waals surface area contributed by atoms with Gasteiger partial charge in [0.05, 0.1) is 18.8 Å². The summed E-state index contributed by atoms with van der Waals surface area (Å²) in [5.41, 5.74) is 5.98. The second-order valence-corrected chi connectivity index (χ2v) is 5.49. The Kier molecular flexibility index (Phi) is 8.78. The van der Waals surface area contributed by atoms with E-state index in [2.05, 4.69) is 18.7 Å². The predicted octanol–water partition coefficient (Wildman–Crippen LogP) is 1.08. The Morgan fingerprint density at radius 2 is 1.82 bits per heavy atom. The van der Waals surface area contributed by atoms with E-state index in [-0.39, 0.29) is 12.1 Å². The largest absolute Gasteiger partial charge is 0.389 e. The van der Waals surface area contributed by atoms with E-state index >= 15 is 0 Å². The Hall–Kier alpha value is -0.160. The average Bonchev–Trinajstić information content (AvgIpc) is 2.22. The summed E-state index contributed by atoms with van der Waals surface area (Å²) in [4.78, 5) is 2.11. The van der Waals surface area contributed by atoms with Gasteiger partial charge in [-0.1, -0.05) is 13.8 Å². The topological polar surface area (TPSA) is 58.7 Å². The molecule has 2 atom stereocenters. The second-order valence-electron chi connectivity index (χ2n) is 5.49. The highest BCUT2D eigenvalue weighted by Gasteiger charge is 2.12. The molecule has 0 fully saturated rings. The van der Waals surface area contributed by atoms with Crippen molar-refractivity contribution in [2.24, 2.45) is 11.7 Å². The van der Waals surface area contributed by atoms with E-state index in [4.69, 9.17) is 10.5 Å². The minimum Gasteiger partial charge on any atom is -0.389 e. The zero-order valence-corrected chi connectivity index (χ0v) is 12.0. The molecule has 2 unspecified atom stereocenters. The Morgan fingerprint density at radius 1 is 1.24 bits per heavy atom. The quantitative estimate of drug-likeness (QED) is 0.639. The first-order valence-corrected chi connectivity index (χ1v) is 6.56. The molecule has 0 aromatic heterocycles. The summed E-state index contributed by atoms with van der Waals surface area (Å²) in [7, 11) is 2.01. The molecular weight excluding hydrogens is 216 g/mol. The maximum atomic E-state index is 9.74. The Bertz CT molecular complexity index is 186. The van der Waals surface area contributed by atoms with Crippen LogP contribution in [-0.2, 0) is 4.74 Å². The first-order chi connectivity index (χ1) is 7.82. The number of aliphatic hydroxyl groups excluding tert-OH is 1. The third-order valence-corrected chi connectivity index (χ3v) is 2.84. The molecule has 0 aliphatic rings. The zero-order chi connectivity index (χ0) is 13.4. The van der Waals surface area contributed by atoms with Crippen LogP contribution in [0, 0.1) is 5.92 Å². The van der Waals surface area contributed by atoms with Crippen molar-refractivity contribution >= 4 is 0 Å². The standard InChI is InChI=1S/C13H30N2O2/c1-10(2)13(14)6-7-15(5)8-12(16)9-17-11(3)4/h10-13,16H,6-9,14H2,1-5H3. The van der Waals surface area contributed by atoms with Crippen molar-refractivity contribution in [2.75, 3.05) is 26.7 Å². The van der Waals surface area contributed by atoms with Crippen LogP contribution in [0.1, 0.15) is 34.1 Å². The smallest absolute Gasteiger partial charge is 0.0900 e. The van der Waals surface area contributed by atoms with E-state index in [0.29, 0.717) is 19.1 Å². The lowest BCUT2D eigenvalue weighted by Crippen LogP contribution is -2.36. The number of hydrogen-bond acceptors (Lipinski definition) is 4. The van der Waals surface area contributed by atoms with Crippen molar-refractivity contribution in [3.63, 3.8) is 0 Å². The van der Waals surface area contributed by atoms with Gasteiger partial charge in [-0.3, -0.25) is 0 Å². The Morgan fingerprint density at radius 3 is 2.29 bits per heavy atom. The molecule has 104 valence electrons. The molecule has 0 aliphatic heterocycles. The molecule has 0 rings (SSSR count). The van der Waals surface area contributed by atoms with Crippen LogP contribution < -0.4 is 5.73 Å². The average molecular weight is 246 g/mol. The van der Waals surface area contributed by atoms with Gasteiger partial charge in [-0.2, -0.15) is 0 Å². The highest BCUT2D eigenvalue weighted by atomic mass is 16.5. The minimum atomic E-state index is -0.419. The Balaban J connectivity index is 3.66. The number of nitrogens with two attached hydrogens (primary N) is 1. The van der Waals surface area contributed by atoms with Crippen LogP contribution in [0.15, 0.2) is 0 Å². The van der Waals surface area contributed by atoms with Crippen LogP contribution in [0.2, 0.25) is 0 Å². The molecule has 0 aromatic carbocycles. The maximum Gasteiger partial charge on any atom is 0.0900 e. The molecule has 17 heavy (non-hydrogen) atoms. The highest BCUT2D eigenvalue weighted by Crippen LogP contribution is 2.04. The SMILES string of the molecule is CC(C)OCC(O)CN(C)CCC(N)C(C)C. The summed E-state index contributed by atoms with van der Waals surface area (Å²) < 4.78 is 5.37. The van der Waals surface area contributed by atoms with Gasteiger partial charge in [-0.15, -0.1) is 0 Å². The van der Waals surface area contributed by atoms with E-state index in [1.165, 1.54) is 0 Å². The lowest BCUT2D eigenvalue weighted by atomic mass is 10.0. The van der Waals surface area contributed by atoms with E-state index in [0.717, 1.165) is 13.0 Å². The van der Waals surface area contributed by atoms with Crippen molar-refractivity contribution in [1.29, 1.82) is 0 Å². The summed E-state index contributed by atoms with van der Waals surface area (Å²) >= 11 is 0. The number of ether oxygens (including phenoxy) is 1. The van der Waals surface area contributed by atoms with E-state index in [9.17, 15) is 5.11 Å². The van der Waals surface area contributed by atoms with Gasteiger partial charge in [0, 0.05) is 12.6 Å². The lowest BCUT2D eigenvalue weighted by Gasteiger charge is -2.23. The molecule has 0 aliphatic carbocycles. The molecule has 0 saturated heterocycles. The molecule has 0 radical (unpaired) electrons. The molecule has 0 spiro atoms. The third kappa shape index (κ3) is 9.53. The van der Waals surface area contributed by atoms with Gasteiger partial charge in [0.25, 0.3) is 0 Å². The Labute approximate surface area is 106 Å². The molecule has 0 aromatic rings. The third-order valence-electron chi connectivity index (χ3n) is 2.84. The van der Waals surface area contributed by atoms with Gasteiger partial charge < -0.3 is 20.5 Å². The van der Waals surface area contributed by atoms with Crippen LogP contribution >= 0.6 is 0 Å². The van der Waals surface area contributed by atoms with Crippen LogP contribution in [0.5, 0.6) is 0 Å². The van der Waals surface area contributed by atoms with Gasteiger partial charge in [0.1, 0.15) is 0 Å². The van der Waals surface area contributed by atoms with Crippen molar-refractivity contribution in [1.82, 2.24) is 4.90 Å². The van der Waals surface area contributed by atoms with Gasteiger partial charge in [-0.25, -0.2) is 0 Å². The summed E-state index contributed by atoms with van der Waals surface area (Å²) in [6.07, 6.45) is 0.716.